The number of hydrogen-bond donors (Lipinski definition) is 0. The van der Waals surface area contributed by atoms with Crippen molar-refractivity contribution in [2.45, 2.75) is 33.1 Å². The number of allylic oxidation sites excluding steroid dienone is 4. The van der Waals surface area contributed by atoms with Gasteiger partial charge in [0.2, 0.25) is 0 Å². The van der Waals surface area contributed by atoms with Gasteiger partial charge in [0.05, 0.1) is 0 Å². The van der Waals surface area contributed by atoms with Crippen LogP contribution in [-0.2, 0) is 0 Å². The van der Waals surface area contributed by atoms with Crippen molar-refractivity contribution in [2.24, 2.45) is 5.92 Å². The molecule has 3 nitrogen and oxygen atoms in total. The lowest BCUT2D eigenvalue weighted by atomic mass is 9.84. The Kier molecular flexibility index (Phi) is 8.08. The molecule has 2 unspecified atom stereocenters. The number of fused-ring (bicyclic) bond motifs is 6. The van der Waals surface area contributed by atoms with Gasteiger partial charge in [-0.2, -0.15) is 0 Å². The Morgan fingerprint density at radius 2 is 1.30 bits per heavy atom. The molecule has 1 aliphatic rings. The minimum absolute atomic E-state index is 0.161. The van der Waals surface area contributed by atoms with E-state index >= 15 is 0 Å². The summed E-state index contributed by atoms with van der Waals surface area (Å²) in [4.78, 5) is 15.4. The number of hydrogen-bond acceptors (Lipinski definition) is 5. The lowest BCUT2D eigenvalue weighted by molar-refractivity contribution is 0.742. The van der Waals surface area contributed by atoms with Gasteiger partial charge in [-0.25, -0.2) is 15.0 Å². The number of thiophene rings is 2. The normalized spacial score (nSPS) is 15.0. The molecule has 1 aliphatic carbocycles. The Hall–Kier alpha value is -5.75. The standard InChI is InChI=1S/C49H37N3S2/c1-29-13-11-16-34(27-29)48-50-47(32-14-5-4-6-15-32)51-49(52-48)38-20-12-22-42-45(38)39-28-33(24-26-41(39)54-42)31(3)35-17-7-8-18-36(35)44-30(2)23-25-43-46(44)37-19-9-10-21-40(37)53-43/h4-26,28-29,31H,27H2,1-3H3. The van der Waals surface area contributed by atoms with Crippen molar-refractivity contribution < 1.29 is 0 Å². The fraction of sp³-hybridized carbons (Fsp3) is 0.122. The monoisotopic (exact) mass is 731 g/mol. The Bertz CT molecular complexity index is 2970. The van der Waals surface area contributed by atoms with E-state index in [1.807, 2.05) is 40.9 Å². The number of nitrogens with zero attached hydrogens (tertiary/aromatic N) is 3. The van der Waals surface area contributed by atoms with Crippen molar-refractivity contribution in [3.8, 4) is 33.9 Å². The summed E-state index contributed by atoms with van der Waals surface area (Å²) in [6.07, 6.45) is 7.43. The van der Waals surface area contributed by atoms with E-state index in [2.05, 4.69) is 148 Å². The van der Waals surface area contributed by atoms with Crippen molar-refractivity contribution in [1.82, 2.24) is 15.0 Å². The van der Waals surface area contributed by atoms with Gasteiger partial charge < -0.3 is 0 Å². The summed E-state index contributed by atoms with van der Waals surface area (Å²) < 4.78 is 5.16. The fourth-order valence-corrected chi connectivity index (χ4v) is 10.4. The predicted molar refractivity (Wildman–Crippen MR) is 232 cm³/mol. The molecule has 0 spiro atoms. The molecule has 0 radical (unpaired) electrons. The molecule has 10 rings (SSSR count). The number of aryl methyl sites for hydroxylation is 1. The first-order chi connectivity index (χ1) is 26.5. The van der Waals surface area contributed by atoms with E-state index in [1.165, 1.54) is 68.2 Å². The first-order valence-corrected chi connectivity index (χ1v) is 20.3. The van der Waals surface area contributed by atoms with Crippen LogP contribution in [0.5, 0.6) is 0 Å². The van der Waals surface area contributed by atoms with Crippen LogP contribution in [0.4, 0.5) is 0 Å². The second-order valence-corrected chi connectivity index (χ2v) is 16.7. The van der Waals surface area contributed by atoms with E-state index < -0.39 is 0 Å². The third-order valence-electron chi connectivity index (χ3n) is 10.9. The molecule has 3 heterocycles. The molecule has 260 valence electrons. The first kappa shape index (κ1) is 32.9. The van der Waals surface area contributed by atoms with Gasteiger partial charge in [0.25, 0.3) is 0 Å². The van der Waals surface area contributed by atoms with Crippen molar-refractivity contribution >= 4 is 68.6 Å². The maximum atomic E-state index is 5.21. The van der Waals surface area contributed by atoms with Crippen LogP contribution in [0, 0.1) is 12.8 Å². The predicted octanol–water partition coefficient (Wildman–Crippen LogP) is 14.0. The molecule has 0 aliphatic heterocycles. The molecule has 0 saturated heterocycles. The maximum absolute atomic E-state index is 5.21. The summed E-state index contributed by atoms with van der Waals surface area (Å²) in [7, 11) is 0. The summed E-state index contributed by atoms with van der Waals surface area (Å²) in [5, 5.41) is 5.14. The topological polar surface area (TPSA) is 38.7 Å². The number of benzene rings is 6. The largest absolute Gasteiger partial charge is 0.209 e. The molecule has 2 atom stereocenters. The fourth-order valence-electron chi connectivity index (χ4n) is 8.22. The highest BCUT2D eigenvalue weighted by atomic mass is 32.1. The van der Waals surface area contributed by atoms with Gasteiger partial charge in [0.15, 0.2) is 17.5 Å². The van der Waals surface area contributed by atoms with Gasteiger partial charge in [0.1, 0.15) is 0 Å². The molecule has 5 heteroatoms. The molecule has 0 bridgehead atoms. The minimum Gasteiger partial charge on any atom is -0.209 e. The zero-order valence-electron chi connectivity index (χ0n) is 30.4. The molecular weight excluding hydrogens is 695 g/mol. The minimum atomic E-state index is 0.161. The molecule has 9 aromatic rings. The molecule has 0 fully saturated rings. The van der Waals surface area contributed by atoms with Crippen LogP contribution >= 0.6 is 22.7 Å². The lowest BCUT2D eigenvalue weighted by Gasteiger charge is -2.20. The van der Waals surface area contributed by atoms with E-state index in [9.17, 15) is 0 Å². The molecule has 6 aromatic carbocycles. The van der Waals surface area contributed by atoms with Crippen LogP contribution in [0.25, 0.3) is 79.8 Å². The van der Waals surface area contributed by atoms with Gasteiger partial charge in [-0.05, 0) is 83.0 Å². The third-order valence-corrected chi connectivity index (χ3v) is 13.2. The van der Waals surface area contributed by atoms with E-state index in [0.29, 0.717) is 17.6 Å². The number of aromatic nitrogens is 3. The van der Waals surface area contributed by atoms with Gasteiger partial charge in [0, 0.05) is 57.4 Å². The highest BCUT2D eigenvalue weighted by Crippen LogP contribution is 2.46. The molecule has 54 heavy (non-hydrogen) atoms. The Labute approximate surface area is 323 Å². The highest BCUT2D eigenvalue weighted by Gasteiger charge is 2.22. The second-order valence-electron chi connectivity index (χ2n) is 14.5. The van der Waals surface area contributed by atoms with Gasteiger partial charge in [-0.3, -0.25) is 0 Å². The van der Waals surface area contributed by atoms with Crippen LogP contribution in [0.1, 0.15) is 48.7 Å². The number of rotatable bonds is 6. The molecule has 0 amide bonds. The smallest absolute Gasteiger partial charge is 0.164 e. The van der Waals surface area contributed by atoms with Crippen molar-refractivity contribution in [1.29, 1.82) is 0 Å². The van der Waals surface area contributed by atoms with Gasteiger partial charge >= 0.3 is 0 Å². The lowest BCUT2D eigenvalue weighted by Crippen LogP contribution is -2.06. The summed E-state index contributed by atoms with van der Waals surface area (Å²) in [5.74, 6) is 2.75. The van der Waals surface area contributed by atoms with Crippen molar-refractivity contribution in [3.63, 3.8) is 0 Å². The summed E-state index contributed by atoms with van der Waals surface area (Å²) in [6, 6.07) is 46.3. The Balaban J connectivity index is 1.13. The zero-order valence-corrected chi connectivity index (χ0v) is 32.0. The molecule has 0 N–H and O–H groups in total. The first-order valence-electron chi connectivity index (χ1n) is 18.6. The molecule has 3 aromatic heterocycles. The summed E-state index contributed by atoms with van der Waals surface area (Å²) >= 11 is 3.72. The maximum Gasteiger partial charge on any atom is 0.164 e. The average molecular weight is 732 g/mol. The van der Waals surface area contributed by atoms with Crippen LogP contribution in [0.2, 0.25) is 0 Å². The van der Waals surface area contributed by atoms with E-state index in [1.54, 1.807) is 0 Å². The van der Waals surface area contributed by atoms with Crippen molar-refractivity contribution in [3.05, 3.63) is 168 Å². The quantitative estimate of drug-likeness (QED) is 0.171. The van der Waals surface area contributed by atoms with Crippen LogP contribution < -0.4 is 0 Å². The van der Waals surface area contributed by atoms with E-state index in [4.69, 9.17) is 15.0 Å². The van der Waals surface area contributed by atoms with Crippen molar-refractivity contribution in [2.75, 3.05) is 0 Å². The van der Waals surface area contributed by atoms with Crippen LogP contribution in [-0.4, -0.2) is 15.0 Å². The molecular formula is C49H37N3S2. The second kappa shape index (κ2) is 13.3. The van der Waals surface area contributed by atoms with E-state index in [-0.39, 0.29) is 5.92 Å². The Morgan fingerprint density at radius 1 is 0.611 bits per heavy atom. The highest BCUT2D eigenvalue weighted by molar-refractivity contribution is 7.26. The third kappa shape index (κ3) is 5.58. The zero-order chi connectivity index (χ0) is 36.3. The summed E-state index contributed by atoms with van der Waals surface area (Å²) in [6.45, 7) is 6.85. The van der Waals surface area contributed by atoms with Gasteiger partial charge in [-0.1, -0.05) is 129 Å². The van der Waals surface area contributed by atoms with E-state index in [0.717, 1.165) is 28.9 Å². The van der Waals surface area contributed by atoms with Crippen LogP contribution in [0.15, 0.2) is 146 Å². The molecule has 0 saturated carbocycles. The van der Waals surface area contributed by atoms with Crippen LogP contribution in [0.3, 0.4) is 0 Å². The van der Waals surface area contributed by atoms with Gasteiger partial charge in [-0.15, -0.1) is 22.7 Å². The average Bonchev–Trinajstić information content (AvgIpc) is 3.79. The SMILES string of the molecule is Cc1ccc2sc3ccccc3c2c1-c1ccccc1C(C)c1ccc2sc3cccc(-c4nc(C5=CC=CC(C)C5)nc(-c5ccccc5)n4)c3c2c1. The Morgan fingerprint density at radius 3 is 2.17 bits per heavy atom. The summed E-state index contributed by atoms with van der Waals surface area (Å²) in [5.41, 5.74) is 9.74.